The first kappa shape index (κ1) is 14.8. The minimum absolute atomic E-state index is 0.974. The molecule has 5 rings (SSSR count). The van der Waals surface area contributed by atoms with Crippen LogP contribution in [0.15, 0.2) is 103 Å². The second kappa shape index (κ2) is 6.08. The fourth-order valence-corrected chi connectivity index (χ4v) is 3.59. The largest absolute Gasteiger partial charge is 0.335 e. The second-order valence-electron chi connectivity index (χ2n) is 6.34. The Morgan fingerprint density at radius 1 is 0.577 bits per heavy atom. The molecule has 0 saturated heterocycles. The van der Waals surface area contributed by atoms with Crippen LogP contribution in [0.25, 0.3) is 38.8 Å². The molecule has 2 nitrogen and oxygen atoms in total. The molecule has 0 amide bonds. The lowest BCUT2D eigenvalue weighted by atomic mass is 10.0. The first-order chi connectivity index (χ1) is 12.9. The van der Waals surface area contributed by atoms with E-state index < -0.39 is 0 Å². The van der Waals surface area contributed by atoms with E-state index in [0.29, 0.717) is 0 Å². The molecule has 2 heteroatoms. The summed E-state index contributed by atoms with van der Waals surface area (Å²) < 4.78 is 2.18. The van der Waals surface area contributed by atoms with E-state index in [4.69, 9.17) is 4.98 Å². The van der Waals surface area contributed by atoms with Crippen LogP contribution in [0.5, 0.6) is 0 Å². The lowest BCUT2D eigenvalue weighted by Gasteiger charge is -2.07. The molecule has 0 aliphatic carbocycles. The maximum absolute atomic E-state index is 4.69. The average Bonchev–Trinajstić information content (AvgIpc) is 2.74. The Labute approximate surface area is 152 Å². The summed E-state index contributed by atoms with van der Waals surface area (Å²) in [6, 6.07) is 31.7. The quantitative estimate of drug-likeness (QED) is 0.316. The molecular weight excluding hydrogens is 316 g/mol. The number of aromatic nitrogens is 2. The van der Waals surface area contributed by atoms with Crippen molar-refractivity contribution in [2.45, 2.75) is 0 Å². The lowest BCUT2D eigenvalue weighted by molar-refractivity contribution is -0.483. The molecule has 26 heavy (non-hydrogen) atoms. The number of fused-ring (bicyclic) bond motifs is 3. The van der Waals surface area contributed by atoms with Gasteiger partial charge >= 0.3 is 5.65 Å². The normalized spacial score (nSPS) is 11.1. The highest BCUT2D eigenvalue weighted by atomic mass is 15.0. The number of pyridine rings is 3. The van der Waals surface area contributed by atoms with Gasteiger partial charge in [0.15, 0.2) is 0 Å². The van der Waals surface area contributed by atoms with Gasteiger partial charge in [0, 0.05) is 11.1 Å². The van der Waals surface area contributed by atoms with E-state index in [9.17, 15) is 0 Å². The standard InChI is InChI=1S/C24H17N2/c1-3-8-18(9-4-1)20-15-16-25-24-22(20)13-14-23-21(12-7-17-26(23)24)19-10-5-2-6-11-19/h1-17H/q+1. The Balaban J connectivity index is 1.82. The topological polar surface area (TPSA) is 17.0 Å². The molecule has 0 aliphatic heterocycles. The van der Waals surface area contributed by atoms with Crippen molar-refractivity contribution in [3.05, 3.63) is 103 Å². The Kier molecular flexibility index (Phi) is 3.46. The van der Waals surface area contributed by atoms with E-state index in [-0.39, 0.29) is 0 Å². The number of hydrogen-bond acceptors (Lipinski definition) is 1. The third-order valence-electron chi connectivity index (χ3n) is 4.81. The van der Waals surface area contributed by atoms with Crippen LogP contribution in [-0.2, 0) is 0 Å². The predicted octanol–water partition coefficient (Wildman–Crippen LogP) is 5.31. The third-order valence-corrected chi connectivity index (χ3v) is 4.81. The summed E-state index contributed by atoms with van der Waals surface area (Å²) in [5, 5.41) is 1.15. The highest BCUT2D eigenvalue weighted by Gasteiger charge is 2.16. The average molecular weight is 333 g/mol. The molecule has 0 bridgehead atoms. The number of nitrogens with zero attached hydrogens (tertiary/aromatic N) is 2. The van der Waals surface area contributed by atoms with Crippen molar-refractivity contribution in [3.63, 3.8) is 0 Å². The molecule has 0 saturated carbocycles. The number of rotatable bonds is 2. The highest BCUT2D eigenvalue weighted by Crippen LogP contribution is 2.28. The molecule has 0 unspecified atom stereocenters. The molecule has 5 aromatic rings. The number of hydrogen-bond donors (Lipinski definition) is 0. The molecule has 3 heterocycles. The highest BCUT2D eigenvalue weighted by molar-refractivity contribution is 5.92. The van der Waals surface area contributed by atoms with Gasteiger partial charge in [0.2, 0.25) is 0 Å². The summed E-state index contributed by atoms with van der Waals surface area (Å²) in [4.78, 5) is 4.69. The zero-order valence-corrected chi connectivity index (χ0v) is 14.2. The van der Waals surface area contributed by atoms with Crippen LogP contribution in [0, 0.1) is 0 Å². The molecular formula is C24H17N2+. The summed E-state index contributed by atoms with van der Waals surface area (Å²) in [5.74, 6) is 0. The van der Waals surface area contributed by atoms with Gasteiger partial charge < -0.3 is 0 Å². The molecule has 122 valence electrons. The van der Waals surface area contributed by atoms with Crippen LogP contribution in [-0.4, -0.2) is 4.98 Å². The summed E-state index contributed by atoms with van der Waals surface area (Å²) in [7, 11) is 0. The predicted molar refractivity (Wildman–Crippen MR) is 106 cm³/mol. The zero-order valence-electron chi connectivity index (χ0n) is 14.2. The molecule has 0 fully saturated rings. The summed E-state index contributed by atoms with van der Waals surface area (Å²) in [6.45, 7) is 0. The van der Waals surface area contributed by atoms with E-state index in [2.05, 4.69) is 89.5 Å². The SMILES string of the molecule is c1ccc(-c2ccnc3c2ccc2c(-c4ccccc4)ccc[n+]23)cc1. The maximum atomic E-state index is 4.69. The zero-order chi connectivity index (χ0) is 17.3. The smallest absolute Gasteiger partial charge is 0.195 e. The van der Waals surface area contributed by atoms with Crippen LogP contribution in [0.1, 0.15) is 0 Å². The molecule has 3 aromatic heterocycles. The summed E-state index contributed by atoms with van der Waals surface area (Å²) in [6.07, 6.45) is 3.98. The first-order valence-electron chi connectivity index (χ1n) is 8.75. The van der Waals surface area contributed by atoms with Crippen molar-refractivity contribution in [3.8, 4) is 22.3 Å². The van der Waals surface area contributed by atoms with Crippen molar-refractivity contribution in [1.82, 2.24) is 4.98 Å². The van der Waals surface area contributed by atoms with Gasteiger partial charge in [-0.15, -0.1) is 0 Å². The summed E-state index contributed by atoms with van der Waals surface area (Å²) in [5.41, 5.74) is 6.96. The first-order valence-corrected chi connectivity index (χ1v) is 8.75. The minimum atomic E-state index is 0.974. The molecule has 0 aliphatic rings. The van der Waals surface area contributed by atoms with Gasteiger partial charge in [0.1, 0.15) is 11.7 Å². The van der Waals surface area contributed by atoms with Gasteiger partial charge in [-0.2, -0.15) is 4.40 Å². The van der Waals surface area contributed by atoms with Gasteiger partial charge in [-0.1, -0.05) is 60.7 Å². The molecule has 0 radical (unpaired) electrons. The van der Waals surface area contributed by atoms with Crippen LogP contribution in [0.3, 0.4) is 0 Å². The van der Waals surface area contributed by atoms with Crippen LogP contribution in [0.2, 0.25) is 0 Å². The van der Waals surface area contributed by atoms with Crippen molar-refractivity contribution in [2.24, 2.45) is 0 Å². The fraction of sp³-hybridized carbons (Fsp3) is 0. The van der Waals surface area contributed by atoms with E-state index in [1.54, 1.807) is 0 Å². The summed E-state index contributed by atoms with van der Waals surface area (Å²) >= 11 is 0. The van der Waals surface area contributed by atoms with Gasteiger partial charge in [-0.05, 0) is 46.4 Å². The van der Waals surface area contributed by atoms with E-state index in [1.165, 1.54) is 22.3 Å². The van der Waals surface area contributed by atoms with E-state index in [1.807, 2.05) is 18.3 Å². The van der Waals surface area contributed by atoms with Crippen molar-refractivity contribution >= 4 is 16.6 Å². The second-order valence-corrected chi connectivity index (χ2v) is 6.34. The fourth-order valence-electron chi connectivity index (χ4n) is 3.59. The van der Waals surface area contributed by atoms with Crippen LogP contribution >= 0.6 is 0 Å². The van der Waals surface area contributed by atoms with Gasteiger partial charge in [-0.25, -0.2) is 0 Å². The number of benzene rings is 2. The lowest BCUT2D eigenvalue weighted by Crippen LogP contribution is -2.24. The molecule has 2 aromatic carbocycles. The van der Waals surface area contributed by atoms with Crippen molar-refractivity contribution in [2.75, 3.05) is 0 Å². The minimum Gasteiger partial charge on any atom is -0.195 e. The van der Waals surface area contributed by atoms with Crippen LogP contribution < -0.4 is 4.40 Å². The Bertz CT molecular complexity index is 1110. The van der Waals surface area contributed by atoms with Crippen molar-refractivity contribution < 1.29 is 4.40 Å². The van der Waals surface area contributed by atoms with Gasteiger partial charge in [0.05, 0.1) is 11.6 Å². The van der Waals surface area contributed by atoms with E-state index in [0.717, 1.165) is 16.6 Å². The van der Waals surface area contributed by atoms with Crippen molar-refractivity contribution in [1.29, 1.82) is 0 Å². The maximum Gasteiger partial charge on any atom is 0.335 e. The Morgan fingerprint density at radius 3 is 2.00 bits per heavy atom. The molecule has 0 atom stereocenters. The Hall–Kier alpha value is -3.52. The van der Waals surface area contributed by atoms with E-state index >= 15 is 0 Å². The third kappa shape index (κ3) is 2.35. The Morgan fingerprint density at radius 2 is 1.27 bits per heavy atom. The molecule has 0 N–H and O–H groups in total. The van der Waals surface area contributed by atoms with Crippen LogP contribution in [0.4, 0.5) is 0 Å². The molecule has 0 spiro atoms. The van der Waals surface area contributed by atoms with Gasteiger partial charge in [-0.3, -0.25) is 0 Å². The monoisotopic (exact) mass is 333 g/mol. The van der Waals surface area contributed by atoms with Gasteiger partial charge in [0.25, 0.3) is 0 Å².